The third-order valence-electron chi connectivity index (χ3n) is 2.58. The molecule has 0 aromatic heterocycles. The van der Waals surface area contributed by atoms with Gasteiger partial charge in [-0.3, -0.25) is 0 Å². The molecular weight excluding hydrogens is 236 g/mol. The van der Waals surface area contributed by atoms with Crippen molar-refractivity contribution < 1.29 is 9.47 Å². The maximum absolute atomic E-state index is 5.71. The summed E-state index contributed by atoms with van der Waals surface area (Å²) in [6, 6.07) is 12.0. The van der Waals surface area contributed by atoms with Gasteiger partial charge in [0, 0.05) is 11.3 Å². The van der Waals surface area contributed by atoms with Gasteiger partial charge in [-0.05, 0) is 36.1 Å². The molecule has 0 aliphatic heterocycles. The number of benzene rings is 2. The summed E-state index contributed by atoms with van der Waals surface area (Å²) in [5, 5.41) is 2.22. The van der Waals surface area contributed by atoms with Crippen molar-refractivity contribution in [3.63, 3.8) is 0 Å². The van der Waals surface area contributed by atoms with Gasteiger partial charge in [-0.15, -0.1) is 11.6 Å². The number of rotatable bonds is 5. The lowest BCUT2D eigenvalue weighted by Gasteiger charge is -2.09. The number of alkyl halides is 1. The molecular formula is C14H15ClO2. The van der Waals surface area contributed by atoms with Crippen LogP contribution in [-0.2, 0) is 0 Å². The van der Waals surface area contributed by atoms with Crippen LogP contribution in [0.3, 0.4) is 0 Å². The molecule has 90 valence electrons. The fraction of sp³-hybridized carbons (Fsp3) is 0.286. The second-order valence-electron chi connectivity index (χ2n) is 3.73. The molecule has 0 N–H and O–H groups in total. The van der Waals surface area contributed by atoms with Gasteiger partial charge >= 0.3 is 0 Å². The highest BCUT2D eigenvalue weighted by Gasteiger charge is 2.02. The fourth-order valence-corrected chi connectivity index (χ4v) is 1.83. The monoisotopic (exact) mass is 250 g/mol. The normalized spacial score (nSPS) is 10.5. The van der Waals surface area contributed by atoms with E-state index in [1.807, 2.05) is 36.4 Å². The molecule has 0 bridgehead atoms. The quantitative estimate of drug-likeness (QED) is 0.593. The number of hydrogen-bond donors (Lipinski definition) is 0. The van der Waals surface area contributed by atoms with E-state index >= 15 is 0 Å². The van der Waals surface area contributed by atoms with E-state index in [0.717, 1.165) is 28.7 Å². The molecule has 17 heavy (non-hydrogen) atoms. The van der Waals surface area contributed by atoms with Gasteiger partial charge in [0.1, 0.15) is 11.5 Å². The Hall–Kier alpha value is -1.41. The maximum atomic E-state index is 5.71. The van der Waals surface area contributed by atoms with Gasteiger partial charge in [0.25, 0.3) is 0 Å². The Balaban J connectivity index is 2.30. The van der Waals surface area contributed by atoms with E-state index < -0.39 is 0 Å². The molecule has 2 rings (SSSR count). The Morgan fingerprint density at radius 3 is 2.82 bits per heavy atom. The summed E-state index contributed by atoms with van der Waals surface area (Å²) in [6.07, 6.45) is 0.855. The molecule has 2 nitrogen and oxygen atoms in total. The first-order valence-corrected chi connectivity index (χ1v) is 6.14. The molecule has 0 heterocycles. The molecule has 0 aliphatic carbocycles. The van der Waals surface area contributed by atoms with Crippen molar-refractivity contribution in [1.82, 2.24) is 0 Å². The zero-order valence-electron chi connectivity index (χ0n) is 9.78. The molecule has 0 aliphatic rings. The summed E-state index contributed by atoms with van der Waals surface area (Å²) in [5.74, 6) is 2.38. The van der Waals surface area contributed by atoms with Crippen LogP contribution < -0.4 is 9.47 Å². The molecule has 0 saturated heterocycles. The maximum Gasteiger partial charge on any atom is 0.127 e. The Labute approximate surface area is 106 Å². The highest BCUT2D eigenvalue weighted by atomic mass is 35.5. The molecule has 0 radical (unpaired) electrons. The molecule has 0 spiro atoms. The molecule has 2 aromatic rings. The van der Waals surface area contributed by atoms with Crippen molar-refractivity contribution in [3.05, 3.63) is 36.4 Å². The van der Waals surface area contributed by atoms with Gasteiger partial charge in [-0.1, -0.05) is 12.1 Å². The largest absolute Gasteiger partial charge is 0.497 e. The minimum absolute atomic E-state index is 0.624. The number of halogens is 1. The summed E-state index contributed by atoms with van der Waals surface area (Å²) >= 11 is 5.63. The van der Waals surface area contributed by atoms with Gasteiger partial charge in [0.2, 0.25) is 0 Å². The third-order valence-corrected chi connectivity index (χ3v) is 2.85. The topological polar surface area (TPSA) is 18.5 Å². The van der Waals surface area contributed by atoms with Crippen molar-refractivity contribution in [2.24, 2.45) is 0 Å². The molecule has 0 atom stereocenters. The Kier molecular flexibility index (Phi) is 4.10. The SMILES string of the molecule is COc1ccc2c(OCCCCl)cccc2c1. The highest BCUT2D eigenvalue weighted by molar-refractivity contribution is 6.17. The molecule has 0 saturated carbocycles. The predicted molar refractivity (Wildman–Crippen MR) is 71.3 cm³/mol. The first kappa shape index (κ1) is 12.1. The van der Waals surface area contributed by atoms with E-state index in [4.69, 9.17) is 21.1 Å². The molecule has 2 aromatic carbocycles. The van der Waals surface area contributed by atoms with Crippen molar-refractivity contribution in [2.45, 2.75) is 6.42 Å². The van der Waals surface area contributed by atoms with Crippen LogP contribution >= 0.6 is 11.6 Å². The molecule has 3 heteroatoms. The Morgan fingerprint density at radius 2 is 2.06 bits per heavy atom. The van der Waals surface area contributed by atoms with E-state index in [1.165, 1.54) is 0 Å². The smallest absolute Gasteiger partial charge is 0.127 e. The second kappa shape index (κ2) is 5.78. The van der Waals surface area contributed by atoms with Crippen molar-refractivity contribution >= 4 is 22.4 Å². The van der Waals surface area contributed by atoms with Crippen LogP contribution in [0.4, 0.5) is 0 Å². The lowest BCUT2D eigenvalue weighted by molar-refractivity contribution is 0.322. The summed E-state index contributed by atoms with van der Waals surface area (Å²) in [4.78, 5) is 0. The average molecular weight is 251 g/mol. The summed E-state index contributed by atoms with van der Waals surface area (Å²) < 4.78 is 10.9. The second-order valence-corrected chi connectivity index (χ2v) is 4.11. The van der Waals surface area contributed by atoms with E-state index in [1.54, 1.807) is 7.11 Å². The van der Waals surface area contributed by atoms with Gasteiger partial charge < -0.3 is 9.47 Å². The van der Waals surface area contributed by atoms with Crippen LogP contribution in [0.15, 0.2) is 36.4 Å². The zero-order valence-corrected chi connectivity index (χ0v) is 10.5. The average Bonchev–Trinajstić information content (AvgIpc) is 2.38. The molecule has 0 amide bonds. The number of ether oxygens (including phenoxy) is 2. The minimum Gasteiger partial charge on any atom is -0.497 e. The standard InChI is InChI=1S/C14H15ClO2/c1-16-12-6-7-13-11(10-12)4-2-5-14(13)17-9-3-8-15/h2,4-7,10H,3,8-9H2,1H3. The Morgan fingerprint density at radius 1 is 1.18 bits per heavy atom. The minimum atomic E-state index is 0.624. The lowest BCUT2D eigenvalue weighted by atomic mass is 10.1. The van der Waals surface area contributed by atoms with Crippen molar-refractivity contribution in [1.29, 1.82) is 0 Å². The predicted octanol–water partition coefficient (Wildman–Crippen LogP) is 3.86. The first-order valence-electron chi connectivity index (χ1n) is 5.60. The van der Waals surface area contributed by atoms with Crippen LogP contribution in [0.25, 0.3) is 10.8 Å². The van der Waals surface area contributed by atoms with Crippen LogP contribution in [0, 0.1) is 0 Å². The summed E-state index contributed by atoms with van der Waals surface area (Å²) in [5.41, 5.74) is 0. The summed E-state index contributed by atoms with van der Waals surface area (Å²) in [6.45, 7) is 0.647. The third kappa shape index (κ3) is 2.83. The van der Waals surface area contributed by atoms with Gasteiger partial charge in [0.05, 0.1) is 13.7 Å². The van der Waals surface area contributed by atoms with Crippen LogP contribution in [-0.4, -0.2) is 19.6 Å². The molecule has 0 unspecified atom stereocenters. The first-order chi connectivity index (χ1) is 8.35. The summed E-state index contributed by atoms with van der Waals surface area (Å²) in [7, 11) is 1.67. The van der Waals surface area contributed by atoms with Gasteiger partial charge in [0.15, 0.2) is 0 Å². The fourth-order valence-electron chi connectivity index (χ4n) is 1.72. The highest BCUT2D eigenvalue weighted by Crippen LogP contribution is 2.28. The molecule has 0 fully saturated rings. The van der Waals surface area contributed by atoms with E-state index in [2.05, 4.69) is 0 Å². The van der Waals surface area contributed by atoms with Crippen molar-refractivity contribution in [2.75, 3.05) is 19.6 Å². The van der Waals surface area contributed by atoms with E-state index in [9.17, 15) is 0 Å². The lowest BCUT2D eigenvalue weighted by Crippen LogP contribution is -1.98. The van der Waals surface area contributed by atoms with Crippen LogP contribution in [0.2, 0.25) is 0 Å². The number of methoxy groups -OCH3 is 1. The van der Waals surface area contributed by atoms with Gasteiger partial charge in [-0.25, -0.2) is 0 Å². The van der Waals surface area contributed by atoms with E-state index in [-0.39, 0.29) is 0 Å². The number of hydrogen-bond acceptors (Lipinski definition) is 2. The Bertz CT molecular complexity index is 497. The van der Waals surface area contributed by atoms with Crippen LogP contribution in [0.1, 0.15) is 6.42 Å². The van der Waals surface area contributed by atoms with E-state index in [0.29, 0.717) is 12.5 Å². The number of fused-ring (bicyclic) bond motifs is 1. The van der Waals surface area contributed by atoms with Crippen LogP contribution in [0.5, 0.6) is 11.5 Å². The van der Waals surface area contributed by atoms with Crippen molar-refractivity contribution in [3.8, 4) is 11.5 Å². The zero-order chi connectivity index (χ0) is 12.1. The van der Waals surface area contributed by atoms with Gasteiger partial charge in [-0.2, -0.15) is 0 Å².